The highest BCUT2D eigenvalue weighted by Gasteiger charge is 2.12. The highest BCUT2D eigenvalue weighted by atomic mass is 32.1. The molecule has 1 atom stereocenters. The van der Waals surface area contributed by atoms with E-state index in [-0.39, 0.29) is 11.9 Å². The molecule has 90 valence electrons. The molecule has 3 nitrogen and oxygen atoms in total. The Morgan fingerprint density at radius 2 is 2.38 bits per heavy atom. The Balaban J connectivity index is 2.36. The van der Waals surface area contributed by atoms with Crippen molar-refractivity contribution in [1.29, 1.82) is 0 Å². The summed E-state index contributed by atoms with van der Waals surface area (Å²) in [6, 6.07) is 4.26. The molecule has 0 saturated carbocycles. The maximum atomic E-state index is 11.6. The number of carbonyl (C=O) groups excluding carboxylic acids is 1. The molecule has 0 aromatic carbocycles. The summed E-state index contributed by atoms with van der Waals surface area (Å²) < 4.78 is 0. The molecule has 3 N–H and O–H groups in total. The van der Waals surface area contributed by atoms with Crippen molar-refractivity contribution in [3.63, 3.8) is 0 Å². The van der Waals surface area contributed by atoms with Gasteiger partial charge in [0.25, 0.3) is 0 Å². The van der Waals surface area contributed by atoms with Gasteiger partial charge in [-0.15, -0.1) is 11.3 Å². The smallest absolute Gasteiger partial charge is 0.220 e. The van der Waals surface area contributed by atoms with Crippen LogP contribution in [0.1, 0.15) is 43.5 Å². The fourth-order valence-corrected chi connectivity index (χ4v) is 2.42. The minimum atomic E-state index is 0.133. The van der Waals surface area contributed by atoms with Gasteiger partial charge in [0.15, 0.2) is 0 Å². The lowest BCUT2D eigenvalue weighted by Crippen LogP contribution is -2.27. The lowest BCUT2D eigenvalue weighted by atomic mass is 10.1. The van der Waals surface area contributed by atoms with Gasteiger partial charge >= 0.3 is 0 Å². The van der Waals surface area contributed by atoms with Crippen LogP contribution in [-0.4, -0.2) is 12.5 Å². The fraction of sp³-hybridized carbons (Fsp3) is 0.583. The number of carbonyl (C=O) groups is 1. The van der Waals surface area contributed by atoms with Crippen molar-refractivity contribution in [3.05, 3.63) is 22.4 Å². The van der Waals surface area contributed by atoms with Crippen molar-refractivity contribution < 1.29 is 4.79 Å². The minimum absolute atomic E-state index is 0.133. The lowest BCUT2D eigenvalue weighted by molar-refractivity contribution is -0.121. The molecule has 1 aromatic heterocycles. The topological polar surface area (TPSA) is 55.1 Å². The number of amides is 1. The van der Waals surface area contributed by atoms with E-state index in [1.54, 1.807) is 11.3 Å². The van der Waals surface area contributed by atoms with E-state index in [4.69, 9.17) is 5.73 Å². The fourth-order valence-electron chi connectivity index (χ4n) is 1.56. The summed E-state index contributed by atoms with van der Waals surface area (Å²) in [5, 5.41) is 5.10. The van der Waals surface area contributed by atoms with E-state index in [1.807, 2.05) is 11.4 Å². The van der Waals surface area contributed by atoms with Gasteiger partial charge in [0.2, 0.25) is 5.91 Å². The van der Waals surface area contributed by atoms with Crippen LogP contribution in [0.4, 0.5) is 0 Å². The van der Waals surface area contributed by atoms with Gasteiger partial charge in [0, 0.05) is 11.3 Å². The third-order valence-electron chi connectivity index (χ3n) is 2.49. The first-order chi connectivity index (χ1) is 7.77. The SMILES string of the molecule is CCC(NC(=O)CCCCN)c1cccs1. The molecule has 1 heterocycles. The number of nitrogens with two attached hydrogens (primary N) is 1. The van der Waals surface area contributed by atoms with E-state index in [9.17, 15) is 4.79 Å². The zero-order valence-electron chi connectivity index (χ0n) is 9.74. The van der Waals surface area contributed by atoms with Crippen LogP contribution < -0.4 is 11.1 Å². The third kappa shape index (κ3) is 4.33. The number of rotatable bonds is 7. The third-order valence-corrected chi connectivity index (χ3v) is 3.47. The van der Waals surface area contributed by atoms with Gasteiger partial charge < -0.3 is 11.1 Å². The van der Waals surface area contributed by atoms with Crippen LogP contribution in [-0.2, 0) is 4.79 Å². The Bertz CT molecular complexity index is 298. The van der Waals surface area contributed by atoms with E-state index >= 15 is 0 Å². The zero-order chi connectivity index (χ0) is 11.8. The van der Waals surface area contributed by atoms with Crippen LogP contribution >= 0.6 is 11.3 Å². The molecule has 0 aliphatic rings. The maximum Gasteiger partial charge on any atom is 0.220 e. The normalized spacial score (nSPS) is 12.4. The Hall–Kier alpha value is -0.870. The van der Waals surface area contributed by atoms with Gasteiger partial charge in [-0.05, 0) is 37.3 Å². The second kappa shape index (κ2) is 7.41. The predicted molar refractivity (Wildman–Crippen MR) is 68.4 cm³/mol. The predicted octanol–water partition coefficient (Wildman–Crippen LogP) is 2.44. The number of thiophene rings is 1. The van der Waals surface area contributed by atoms with Crippen LogP contribution in [0.2, 0.25) is 0 Å². The van der Waals surface area contributed by atoms with Crippen molar-refractivity contribution in [2.45, 2.75) is 38.6 Å². The molecule has 16 heavy (non-hydrogen) atoms. The highest BCUT2D eigenvalue weighted by molar-refractivity contribution is 7.10. The summed E-state index contributed by atoms with van der Waals surface area (Å²) in [5.41, 5.74) is 5.39. The summed E-state index contributed by atoms with van der Waals surface area (Å²) in [6.07, 6.45) is 3.31. The van der Waals surface area contributed by atoms with E-state index in [2.05, 4.69) is 18.3 Å². The summed E-state index contributed by atoms with van der Waals surface area (Å²) in [7, 11) is 0. The average molecular weight is 240 g/mol. The van der Waals surface area contributed by atoms with Crippen molar-refractivity contribution in [1.82, 2.24) is 5.32 Å². The van der Waals surface area contributed by atoms with Crippen molar-refractivity contribution in [3.8, 4) is 0 Å². The monoisotopic (exact) mass is 240 g/mol. The van der Waals surface area contributed by atoms with E-state index in [0.717, 1.165) is 19.3 Å². The van der Waals surface area contributed by atoms with Crippen LogP contribution in [0.5, 0.6) is 0 Å². The largest absolute Gasteiger partial charge is 0.348 e. The van der Waals surface area contributed by atoms with Gasteiger partial charge in [-0.1, -0.05) is 13.0 Å². The number of hydrogen-bond acceptors (Lipinski definition) is 3. The molecule has 0 bridgehead atoms. The summed E-state index contributed by atoms with van der Waals surface area (Å²) in [6.45, 7) is 2.75. The molecule has 0 radical (unpaired) electrons. The number of hydrogen-bond donors (Lipinski definition) is 2. The van der Waals surface area contributed by atoms with E-state index in [1.165, 1.54) is 4.88 Å². The standard InChI is InChI=1S/C12H20N2OS/c1-2-10(11-6-5-9-16-11)14-12(15)7-3-4-8-13/h5-6,9-10H,2-4,7-8,13H2,1H3,(H,14,15). The summed E-state index contributed by atoms with van der Waals surface area (Å²) in [4.78, 5) is 12.9. The molecule has 1 aromatic rings. The minimum Gasteiger partial charge on any atom is -0.348 e. The number of unbranched alkanes of at least 4 members (excludes halogenated alkanes) is 1. The molecule has 0 fully saturated rings. The molecular weight excluding hydrogens is 220 g/mol. The molecule has 0 saturated heterocycles. The average Bonchev–Trinajstić information content (AvgIpc) is 2.79. The van der Waals surface area contributed by atoms with Gasteiger partial charge in [0.05, 0.1) is 6.04 Å². The Morgan fingerprint density at radius 3 is 2.94 bits per heavy atom. The quantitative estimate of drug-likeness (QED) is 0.719. The van der Waals surface area contributed by atoms with Gasteiger partial charge in [0.1, 0.15) is 0 Å². The van der Waals surface area contributed by atoms with Crippen molar-refractivity contribution in [2.75, 3.05) is 6.54 Å². The molecule has 4 heteroatoms. The van der Waals surface area contributed by atoms with Gasteiger partial charge in [-0.3, -0.25) is 4.79 Å². The maximum absolute atomic E-state index is 11.6. The molecular formula is C12H20N2OS. The Kier molecular flexibility index (Phi) is 6.11. The van der Waals surface area contributed by atoms with E-state index in [0.29, 0.717) is 13.0 Å². The molecule has 1 unspecified atom stereocenters. The Labute approximate surface area is 101 Å². The zero-order valence-corrected chi connectivity index (χ0v) is 10.6. The summed E-state index contributed by atoms with van der Waals surface area (Å²) in [5.74, 6) is 0.133. The van der Waals surface area contributed by atoms with Crippen LogP contribution in [0, 0.1) is 0 Å². The second-order valence-electron chi connectivity index (χ2n) is 3.79. The molecule has 0 spiro atoms. The second-order valence-corrected chi connectivity index (χ2v) is 4.77. The first kappa shape index (κ1) is 13.2. The van der Waals surface area contributed by atoms with Crippen LogP contribution in [0.3, 0.4) is 0 Å². The first-order valence-corrected chi connectivity index (χ1v) is 6.68. The molecule has 0 aliphatic carbocycles. The van der Waals surface area contributed by atoms with Crippen LogP contribution in [0.25, 0.3) is 0 Å². The van der Waals surface area contributed by atoms with Gasteiger partial charge in [-0.2, -0.15) is 0 Å². The van der Waals surface area contributed by atoms with Gasteiger partial charge in [-0.25, -0.2) is 0 Å². The Morgan fingerprint density at radius 1 is 1.56 bits per heavy atom. The summed E-state index contributed by atoms with van der Waals surface area (Å²) >= 11 is 1.69. The molecule has 1 rings (SSSR count). The van der Waals surface area contributed by atoms with Crippen molar-refractivity contribution >= 4 is 17.2 Å². The highest BCUT2D eigenvalue weighted by Crippen LogP contribution is 2.21. The van der Waals surface area contributed by atoms with Crippen LogP contribution in [0.15, 0.2) is 17.5 Å². The van der Waals surface area contributed by atoms with E-state index < -0.39 is 0 Å². The molecule has 0 aliphatic heterocycles. The number of nitrogens with one attached hydrogen (secondary N) is 1. The molecule has 1 amide bonds. The lowest BCUT2D eigenvalue weighted by Gasteiger charge is -2.15. The van der Waals surface area contributed by atoms with Crippen molar-refractivity contribution in [2.24, 2.45) is 5.73 Å². The first-order valence-electron chi connectivity index (χ1n) is 5.80.